The molecule has 3 heterocycles. The molecule has 4 rings (SSSR count). The fourth-order valence-corrected chi connectivity index (χ4v) is 4.38. The van der Waals surface area contributed by atoms with Crippen molar-refractivity contribution in [1.82, 2.24) is 24.4 Å². The number of hydrogen-bond donors (Lipinski definition) is 0. The van der Waals surface area contributed by atoms with Gasteiger partial charge in [0.2, 0.25) is 11.9 Å². The average Bonchev–Trinajstić information content (AvgIpc) is 2.81. The smallest absolute Gasteiger partial charge is 0.347 e. The summed E-state index contributed by atoms with van der Waals surface area (Å²) in [6.07, 6.45) is 3.71. The summed E-state index contributed by atoms with van der Waals surface area (Å²) < 4.78 is 1.45. The molecular formula is C25H30N6O2. The number of carbonyl (C=O) groups excluding carboxylic acids is 1. The molecule has 1 aromatic carbocycles. The molecular weight excluding hydrogens is 416 g/mol. The van der Waals surface area contributed by atoms with Gasteiger partial charge in [0.15, 0.2) is 0 Å². The third kappa shape index (κ3) is 4.94. The molecule has 3 aromatic rings. The van der Waals surface area contributed by atoms with Crippen LogP contribution in [0.1, 0.15) is 35.8 Å². The van der Waals surface area contributed by atoms with E-state index < -0.39 is 0 Å². The number of anilines is 1. The molecule has 1 amide bonds. The molecule has 8 nitrogen and oxygen atoms in total. The molecule has 1 saturated heterocycles. The van der Waals surface area contributed by atoms with Crippen LogP contribution in [0.15, 0.2) is 47.4 Å². The molecule has 1 unspecified atom stereocenters. The molecule has 1 fully saturated rings. The van der Waals surface area contributed by atoms with Gasteiger partial charge in [-0.1, -0.05) is 30.3 Å². The van der Waals surface area contributed by atoms with Crippen LogP contribution >= 0.6 is 0 Å². The summed E-state index contributed by atoms with van der Waals surface area (Å²) in [6.45, 7) is 4.86. The number of aryl methyl sites for hydroxylation is 2. The van der Waals surface area contributed by atoms with Gasteiger partial charge in [0.1, 0.15) is 6.54 Å². The average molecular weight is 447 g/mol. The van der Waals surface area contributed by atoms with Gasteiger partial charge in [-0.3, -0.25) is 9.36 Å². The lowest BCUT2D eigenvalue weighted by Gasteiger charge is -2.33. The Hall–Kier alpha value is -3.55. The van der Waals surface area contributed by atoms with E-state index in [-0.39, 0.29) is 24.1 Å². The van der Waals surface area contributed by atoms with E-state index in [2.05, 4.69) is 22.1 Å². The monoisotopic (exact) mass is 446 g/mol. The van der Waals surface area contributed by atoms with Crippen LogP contribution in [0.3, 0.4) is 0 Å². The van der Waals surface area contributed by atoms with Gasteiger partial charge in [-0.15, -0.1) is 0 Å². The van der Waals surface area contributed by atoms with Gasteiger partial charge >= 0.3 is 5.69 Å². The minimum atomic E-state index is -0.382. The van der Waals surface area contributed by atoms with Crippen molar-refractivity contribution >= 4 is 11.9 Å². The Kier molecular flexibility index (Phi) is 6.53. The molecule has 172 valence electrons. The Labute approximate surface area is 193 Å². The lowest BCUT2D eigenvalue weighted by Crippen LogP contribution is -2.43. The Morgan fingerprint density at radius 1 is 1.15 bits per heavy atom. The van der Waals surface area contributed by atoms with E-state index in [1.807, 2.05) is 61.3 Å². The zero-order valence-corrected chi connectivity index (χ0v) is 19.7. The number of amides is 1. The molecule has 0 aliphatic carbocycles. The summed E-state index contributed by atoms with van der Waals surface area (Å²) in [5, 5.41) is 0. The topological polar surface area (TPSA) is 84.2 Å². The van der Waals surface area contributed by atoms with Crippen molar-refractivity contribution in [3.05, 3.63) is 70.2 Å². The van der Waals surface area contributed by atoms with E-state index in [4.69, 9.17) is 4.98 Å². The summed E-state index contributed by atoms with van der Waals surface area (Å²) in [6, 6.07) is 11.9. The first-order valence-electron chi connectivity index (χ1n) is 11.3. The number of hydrogen-bond acceptors (Lipinski definition) is 6. The van der Waals surface area contributed by atoms with Crippen molar-refractivity contribution in [3.8, 4) is 11.1 Å². The fourth-order valence-electron chi connectivity index (χ4n) is 4.38. The Morgan fingerprint density at radius 3 is 2.61 bits per heavy atom. The number of aromatic nitrogens is 4. The third-order valence-electron chi connectivity index (χ3n) is 6.09. The zero-order valence-electron chi connectivity index (χ0n) is 19.7. The van der Waals surface area contributed by atoms with Crippen molar-refractivity contribution in [3.63, 3.8) is 0 Å². The predicted octanol–water partition coefficient (Wildman–Crippen LogP) is 2.79. The standard InChI is InChI=1S/C25H30N6O2/c1-17-13-18(2)31(25(33)27-17)16-22(32)30-12-8-11-20(15-30)23-21(19-9-6-5-7-10-19)14-26-24(28-23)29(3)4/h5-7,9-10,13-14,20H,8,11-12,15-16H2,1-4H3. The molecule has 0 bridgehead atoms. The molecule has 2 aromatic heterocycles. The van der Waals surface area contributed by atoms with E-state index in [0.717, 1.165) is 35.4 Å². The Morgan fingerprint density at radius 2 is 1.91 bits per heavy atom. The van der Waals surface area contributed by atoms with Crippen molar-refractivity contribution in [2.45, 2.75) is 39.2 Å². The predicted molar refractivity (Wildman–Crippen MR) is 128 cm³/mol. The van der Waals surface area contributed by atoms with Gasteiger partial charge in [0.25, 0.3) is 0 Å². The minimum absolute atomic E-state index is 0.00291. The zero-order chi connectivity index (χ0) is 23.5. The van der Waals surface area contributed by atoms with Crippen LogP contribution in [0, 0.1) is 13.8 Å². The van der Waals surface area contributed by atoms with Gasteiger partial charge in [-0.2, -0.15) is 4.98 Å². The van der Waals surface area contributed by atoms with E-state index in [0.29, 0.717) is 24.7 Å². The maximum Gasteiger partial charge on any atom is 0.348 e. The number of rotatable bonds is 5. The van der Waals surface area contributed by atoms with Gasteiger partial charge in [0, 0.05) is 56.3 Å². The normalized spacial score (nSPS) is 16.0. The van der Waals surface area contributed by atoms with Crippen LogP contribution in [0.2, 0.25) is 0 Å². The maximum absolute atomic E-state index is 13.2. The summed E-state index contributed by atoms with van der Waals surface area (Å²) >= 11 is 0. The highest BCUT2D eigenvalue weighted by Gasteiger charge is 2.28. The molecule has 0 spiro atoms. The largest absolute Gasteiger partial charge is 0.348 e. The van der Waals surface area contributed by atoms with Crippen molar-refractivity contribution < 1.29 is 4.79 Å². The summed E-state index contributed by atoms with van der Waals surface area (Å²) in [4.78, 5) is 42.7. The first-order valence-corrected chi connectivity index (χ1v) is 11.3. The molecule has 0 saturated carbocycles. The summed E-state index contributed by atoms with van der Waals surface area (Å²) in [7, 11) is 3.85. The SMILES string of the molecule is Cc1cc(C)n(CC(=O)N2CCCC(c3nc(N(C)C)ncc3-c3ccccc3)C2)c(=O)n1. The number of carbonyl (C=O) groups is 1. The van der Waals surface area contributed by atoms with Crippen molar-refractivity contribution in [2.75, 3.05) is 32.1 Å². The van der Waals surface area contributed by atoms with E-state index >= 15 is 0 Å². The van der Waals surface area contributed by atoms with Crippen LogP contribution in [-0.2, 0) is 11.3 Å². The number of nitrogens with zero attached hydrogens (tertiary/aromatic N) is 6. The van der Waals surface area contributed by atoms with Crippen molar-refractivity contribution in [2.24, 2.45) is 0 Å². The van der Waals surface area contributed by atoms with Gasteiger partial charge in [-0.25, -0.2) is 14.8 Å². The molecule has 8 heteroatoms. The van der Waals surface area contributed by atoms with E-state index in [1.54, 1.807) is 6.92 Å². The first-order chi connectivity index (χ1) is 15.8. The second-order valence-electron chi connectivity index (χ2n) is 8.82. The van der Waals surface area contributed by atoms with Crippen molar-refractivity contribution in [1.29, 1.82) is 0 Å². The highest BCUT2D eigenvalue weighted by atomic mass is 16.2. The third-order valence-corrected chi connectivity index (χ3v) is 6.09. The Balaban J connectivity index is 1.61. The second kappa shape index (κ2) is 9.52. The van der Waals surface area contributed by atoms with Crippen LogP contribution in [0.4, 0.5) is 5.95 Å². The van der Waals surface area contributed by atoms with Crippen LogP contribution in [0.25, 0.3) is 11.1 Å². The first kappa shape index (κ1) is 22.6. The number of piperidine rings is 1. The summed E-state index contributed by atoms with van der Waals surface area (Å²) in [5.74, 6) is 0.674. The molecule has 33 heavy (non-hydrogen) atoms. The molecule has 0 radical (unpaired) electrons. The van der Waals surface area contributed by atoms with Gasteiger partial charge < -0.3 is 9.80 Å². The van der Waals surface area contributed by atoms with Crippen LogP contribution in [-0.4, -0.2) is 57.5 Å². The minimum Gasteiger partial charge on any atom is -0.347 e. The molecule has 1 aliphatic rings. The van der Waals surface area contributed by atoms with E-state index in [1.165, 1.54) is 4.57 Å². The maximum atomic E-state index is 13.2. The van der Waals surface area contributed by atoms with Crippen LogP contribution < -0.4 is 10.6 Å². The highest BCUT2D eigenvalue weighted by molar-refractivity contribution is 5.76. The van der Waals surface area contributed by atoms with Gasteiger partial charge in [-0.05, 0) is 38.3 Å². The lowest BCUT2D eigenvalue weighted by molar-refractivity contribution is -0.133. The highest BCUT2D eigenvalue weighted by Crippen LogP contribution is 2.34. The lowest BCUT2D eigenvalue weighted by atomic mass is 9.90. The molecule has 1 atom stereocenters. The van der Waals surface area contributed by atoms with Gasteiger partial charge in [0.05, 0.1) is 5.69 Å². The van der Waals surface area contributed by atoms with Crippen LogP contribution in [0.5, 0.6) is 0 Å². The second-order valence-corrected chi connectivity index (χ2v) is 8.82. The Bertz CT molecular complexity index is 1210. The fraction of sp³-hybridized carbons (Fsp3) is 0.400. The summed E-state index contributed by atoms with van der Waals surface area (Å²) in [5.41, 5.74) is 4.04. The molecule has 0 N–H and O–H groups in total. The van der Waals surface area contributed by atoms with E-state index in [9.17, 15) is 9.59 Å². The quantitative estimate of drug-likeness (QED) is 0.599. The molecule has 1 aliphatic heterocycles. The number of likely N-dealkylation sites (tertiary alicyclic amines) is 1. The number of benzene rings is 1.